The van der Waals surface area contributed by atoms with E-state index < -0.39 is 0 Å². The minimum Gasteiger partial charge on any atom is -0.506 e. The van der Waals surface area contributed by atoms with Gasteiger partial charge in [0.2, 0.25) is 11.3 Å². The maximum absolute atomic E-state index is 13.5. The number of aromatic nitrogens is 1. The minimum absolute atomic E-state index is 0.00878. The number of aliphatic hydroxyl groups excluding tert-OH is 1. The third kappa shape index (κ3) is 2.61. The lowest BCUT2D eigenvalue weighted by atomic mass is 9.81. The zero-order chi connectivity index (χ0) is 21.4. The molecule has 0 saturated carbocycles. The maximum Gasteiger partial charge on any atom is 0.268 e. The highest BCUT2D eigenvalue weighted by molar-refractivity contribution is 8.04. The molecule has 0 unspecified atom stereocenters. The Morgan fingerprint density at radius 3 is 2.66 bits per heavy atom. The van der Waals surface area contributed by atoms with Gasteiger partial charge >= 0.3 is 0 Å². The highest BCUT2D eigenvalue weighted by atomic mass is 32.2. The number of nitrogens with zero attached hydrogens (tertiary/aromatic N) is 2. The van der Waals surface area contributed by atoms with E-state index in [1.165, 1.54) is 20.8 Å². The van der Waals surface area contributed by atoms with Crippen LogP contribution in [0.15, 0.2) is 80.9 Å². The number of rotatable bonds is 1. The molecule has 3 aromatic rings. The SMILES string of the molecule is O=C1C(C2=C3Sc4ccccc4N3CSC2)=C(O)/C1=C1/CSC[n+]2c1sc1ccccc12. The van der Waals surface area contributed by atoms with E-state index in [1.54, 1.807) is 46.6 Å². The Kier molecular flexibility index (Phi) is 4.34. The van der Waals surface area contributed by atoms with Crippen molar-refractivity contribution >= 4 is 73.9 Å². The van der Waals surface area contributed by atoms with Crippen LogP contribution in [0.5, 0.6) is 0 Å². The quantitative estimate of drug-likeness (QED) is 0.353. The Bertz CT molecular complexity index is 1450. The fraction of sp³-hybridized carbons (Fsp3) is 0.167. The molecule has 0 spiro atoms. The third-order valence-corrected chi connectivity index (χ3v) is 10.5. The Morgan fingerprint density at radius 1 is 0.938 bits per heavy atom. The van der Waals surface area contributed by atoms with Gasteiger partial charge < -0.3 is 10.0 Å². The Morgan fingerprint density at radius 2 is 1.75 bits per heavy atom. The van der Waals surface area contributed by atoms with Gasteiger partial charge in [-0.1, -0.05) is 59.1 Å². The molecule has 0 atom stereocenters. The molecule has 0 radical (unpaired) electrons. The molecule has 2 aromatic carbocycles. The summed E-state index contributed by atoms with van der Waals surface area (Å²) in [5.41, 5.74) is 5.37. The molecule has 32 heavy (non-hydrogen) atoms. The number of allylic oxidation sites excluding steroid dienone is 2. The van der Waals surface area contributed by atoms with Gasteiger partial charge in [0.05, 0.1) is 33.3 Å². The first-order valence-electron chi connectivity index (χ1n) is 10.3. The van der Waals surface area contributed by atoms with Crippen LogP contribution in [-0.4, -0.2) is 28.3 Å². The number of benzene rings is 2. The molecule has 158 valence electrons. The number of Topliss-reactive ketones (excluding diaryl/α,β-unsaturated/α-hetero) is 1. The van der Waals surface area contributed by atoms with Crippen LogP contribution in [0.3, 0.4) is 0 Å². The molecule has 8 heteroatoms. The average Bonchev–Trinajstić information content (AvgIpc) is 3.39. The van der Waals surface area contributed by atoms with Crippen molar-refractivity contribution in [3.05, 3.63) is 81.0 Å². The molecule has 7 rings (SSSR count). The Labute approximate surface area is 201 Å². The van der Waals surface area contributed by atoms with Crippen LogP contribution in [0.2, 0.25) is 0 Å². The molecule has 4 aliphatic rings. The number of thioether (sulfide) groups is 3. The van der Waals surface area contributed by atoms with Crippen LogP contribution in [0.1, 0.15) is 5.01 Å². The van der Waals surface area contributed by atoms with Crippen molar-refractivity contribution in [2.75, 3.05) is 22.3 Å². The van der Waals surface area contributed by atoms with Gasteiger partial charge in [0.15, 0.2) is 5.88 Å². The fourth-order valence-corrected chi connectivity index (χ4v) is 9.51. The second-order valence-electron chi connectivity index (χ2n) is 7.95. The lowest BCUT2D eigenvalue weighted by Crippen LogP contribution is -2.39. The maximum atomic E-state index is 13.5. The van der Waals surface area contributed by atoms with Crippen LogP contribution in [0.25, 0.3) is 15.8 Å². The van der Waals surface area contributed by atoms with Crippen molar-refractivity contribution in [1.29, 1.82) is 0 Å². The zero-order valence-electron chi connectivity index (χ0n) is 16.8. The molecule has 3 aliphatic heterocycles. The molecule has 0 bridgehead atoms. The van der Waals surface area contributed by atoms with Crippen molar-refractivity contribution in [2.24, 2.45) is 0 Å². The molecule has 0 saturated heterocycles. The van der Waals surface area contributed by atoms with Crippen molar-refractivity contribution in [1.82, 2.24) is 0 Å². The van der Waals surface area contributed by atoms with E-state index in [0.717, 1.165) is 44.4 Å². The highest BCUT2D eigenvalue weighted by Gasteiger charge is 2.45. The van der Waals surface area contributed by atoms with Crippen LogP contribution in [-0.2, 0) is 10.7 Å². The molecule has 1 N–H and O–H groups in total. The second kappa shape index (κ2) is 7.18. The third-order valence-electron chi connectivity index (χ3n) is 6.20. The summed E-state index contributed by atoms with van der Waals surface area (Å²) in [6.07, 6.45) is 0. The summed E-state index contributed by atoms with van der Waals surface area (Å²) in [6, 6.07) is 16.7. The van der Waals surface area contributed by atoms with E-state index in [4.69, 9.17) is 0 Å². The van der Waals surface area contributed by atoms with Gasteiger partial charge in [-0.2, -0.15) is 4.57 Å². The number of thiazole rings is 1. The predicted octanol–water partition coefficient (Wildman–Crippen LogP) is 5.57. The smallest absolute Gasteiger partial charge is 0.268 e. The molecule has 4 heterocycles. The summed E-state index contributed by atoms with van der Waals surface area (Å²) in [6.45, 7) is 0. The van der Waals surface area contributed by atoms with E-state index in [9.17, 15) is 9.90 Å². The van der Waals surface area contributed by atoms with Crippen molar-refractivity contribution < 1.29 is 14.5 Å². The van der Waals surface area contributed by atoms with E-state index in [0.29, 0.717) is 11.1 Å². The van der Waals surface area contributed by atoms with Gasteiger partial charge in [0, 0.05) is 28.0 Å². The normalized spacial score (nSPS) is 22.2. The first-order valence-corrected chi connectivity index (χ1v) is 14.2. The monoisotopic (exact) mass is 493 g/mol. The largest absolute Gasteiger partial charge is 0.506 e. The molecule has 0 amide bonds. The van der Waals surface area contributed by atoms with Crippen LogP contribution in [0, 0.1) is 0 Å². The lowest BCUT2D eigenvalue weighted by Gasteiger charge is -2.32. The molecule has 1 aliphatic carbocycles. The summed E-state index contributed by atoms with van der Waals surface area (Å²) < 4.78 is 3.49. The van der Waals surface area contributed by atoms with E-state index in [-0.39, 0.29) is 11.5 Å². The number of carbonyl (C=O) groups is 1. The summed E-state index contributed by atoms with van der Waals surface area (Å²) in [4.78, 5) is 17.0. The number of aliphatic hydroxyl groups is 1. The molecular weight excluding hydrogens is 477 g/mol. The van der Waals surface area contributed by atoms with Crippen molar-refractivity contribution in [2.45, 2.75) is 10.8 Å². The molecular formula is C24H17N2O2S4+. The van der Waals surface area contributed by atoms with E-state index in [2.05, 4.69) is 45.9 Å². The van der Waals surface area contributed by atoms with Crippen LogP contribution in [0.4, 0.5) is 5.69 Å². The van der Waals surface area contributed by atoms with Gasteiger partial charge in [0.25, 0.3) is 5.01 Å². The topological polar surface area (TPSA) is 44.4 Å². The van der Waals surface area contributed by atoms with Crippen molar-refractivity contribution in [3.8, 4) is 0 Å². The summed E-state index contributed by atoms with van der Waals surface area (Å²) in [5, 5.41) is 13.4. The number of hydrogen-bond donors (Lipinski definition) is 1. The van der Waals surface area contributed by atoms with E-state index >= 15 is 0 Å². The lowest BCUT2D eigenvalue weighted by molar-refractivity contribution is -0.648. The van der Waals surface area contributed by atoms with Gasteiger partial charge in [-0.05, 0) is 18.2 Å². The predicted molar refractivity (Wildman–Crippen MR) is 135 cm³/mol. The summed E-state index contributed by atoms with van der Waals surface area (Å²) >= 11 is 7.00. The zero-order valence-corrected chi connectivity index (χ0v) is 20.1. The Balaban J connectivity index is 1.37. The first kappa shape index (κ1) is 19.3. The summed E-state index contributed by atoms with van der Waals surface area (Å²) in [5.74, 6) is 3.41. The minimum atomic E-state index is -0.00878. The fourth-order valence-electron chi connectivity index (χ4n) is 4.70. The van der Waals surface area contributed by atoms with E-state index in [1.807, 2.05) is 12.1 Å². The number of anilines is 1. The van der Waals surface area contributed by atoms with Crippen LogP contribution >= 0.6 is 46.6 Å². The molecule has 4 nitrogen and oxygen atoms in total. The van der Waals surface area contributed by atoms with Crippen LogP contribution < -0.4 is 9.47 Å². The molecule has 0 fully saturated rings. The highest BCUT2D eigenvalue weighted by Crippen LogP contribution is 2.53. The number of ketones is 1. The average molecular weight is 494 g/mol. The number of carbonyl (C=O) groups excluding carboxylic acids is 1. The second-order valence-corrected chi connectivity index (χ2v) is 11.9. The van der Waals surface area contributed by atoms with Gasteiger partial charge in [-0.25, -0.2) is 0 Å². The number of fused-ring (bicyclic) bond motifs is 6. The Hall–Kier alpha value is -2.13. The number of hydrogen-bond acceptors (Lipinski definition) is 7. The molecule has 1 aromatic heterocycles. The van der Waals surface area contributed by atoms with Crippen molar-refractivity contribution in [3.63, 3.8) is 0 Å². The summed E-state index contributed by atoms with van der Waals surface area (Å²) in [7, 11) is 0. The van der Waals surface area contributed by atoms with Gasteiger partial charge in [0.1, 0.15) is 10.5 Å². The van der Waals surface area contributed by atoms with Gasteiger partial charge in [-0.3, -0.25) is 4.79 Å². The first-order chi connectivity index (χ1) is 15.7. The van der Waals surface area contributed by atoms with Gasteiger partial charge in [-0.15, -0.1) is 11.8 Å². The number of para-hydroxylation sites is 2. The standard InChI is InChI=1S/C24H16N2O2S4/c27-21-19(13-9-29-11-25-15-5-1-3-7-17(15)31-23(13)25)22(28)20(21)14-10-30-12-26-16-6-2-4-8-18(16)32-24(14)26/h1-8H,9-12H2/p+1.